The van der Waals surface area contributed by atoms with Gasteiger partial charge in [-0.3, -0.25) is 4.79 Å². The number of likely N-dealkylation sites (tertiary alicyclic amines) is 1. The number of nitrogens with one attached hydrogen (secondary N) is 1. The van der Waals surface area contributed by atoms with Gasteiger partial charge in [0, 0.05) is 38.3 Å². The summed E-state index contributed by atoms with van der Waals surface area (Å²) >= 11 is 0. The topological polar surface area (TPSA) is 41.6 Å². The maximum atomic E-state index is 12.4. The summed E-state index contributed by atoms with van der Waals surface area (Å²) in [6, 6.07) is 0.681. The zero-order valence-corrected chi connectivity index (χ0v) is 11.2. The van der Waals surface area contributed by atoms with E-state index in [1.54, 1.807) is 0 Å². The van der Waals surface area contributed by atoms with Gasteiger partial charge >= 0.3 is 0 Å². The molecular weight excluding hydrogens is 228 g/mol. The van der Waals surface area contributed by atoms with E-state index in [-0.39, 0.29) is 5.92 Å². The van der Waals surface area contributed by atoms with Crippen LogP contribution < -0.4 is 5.32 Å². The van der Waals surface area contributed by atoms with Crippen molar-refractivity contribution in [1.29, 1.82) is 0 Å². The van der Waals surface area contributed by atoms with Crippen molar-refractivity contribution in [2.75, 3.05) is 33.4 Å². The molecule has 0 aromatic rings. The smallest absolute Gasteiger partial charge is 0.225 e. The zero-order chi connectivity index (χ0) is 12.5. The molecule has 3 atom stereocenters. The Morgan fingerprint density at radius 3 is 2.33 bits per heavy atom. The first-order valence-corrected chi connectivity index (χ1v) is 7.31. The number of carbonyl (C=O) groups is 1. The molecule has 0 bridgehead atoms. The quantitative estimate of drug-likeness (QED) is 0.793. The number of hydrogen-bond donors (Lipinski definition) is 1. The summed E-state index contributed by atoms with van der Waals surface area (Å²) in [6.45, 7) is 3.52. The number of amides is 1. The minimum absolute atomic E-state index is 0.234. The molecule has 1 saturated carbocycles. The summed E-state index contributed by atoms with van der Waals surface area (Å²) in [5, 5.41) is 3.38. The third-order valence-electron chi connectivity index (χ3n) is 5.04. The third kappa shape index (κ3) is 2.28. The Kier molecular flexibility index (Phi) is 3.57. The molecule has 0 radical (unpaired) electrons. The van der Waals surface area contributed by atoms with Crippen LogP contribution in [0.1, 0.15) is 25.7 Å². The first kappa shape index (κ1) is 12.4. The van der Waals surface area contributed by atoms with E-state index in [4.69, 9.17) is 4.74 Å². The van der Waals surface area contributed by atoms with Gasteiger partial charge in [0.1, 0.15) is 0 Å². The highest BCUT2D eigenvalue weighted by molar-refractivity contribution is 5.79. The molecule has 3 fully saturated rings. The van der Waals surface area contributed by atoms with E-state index >= 15 is 0 Å². The van der Waals surface area contributed by atoms with E-state index in [0.717, 1.165) is 51.0 Å². The maximum Gasteiger partial charge on any atom is 0.225 e. The second-order valence-corrected chi connectivity index (χ2v) is 6.11. The van der Waals surface area contributed by atoms with Gasteiger partial charge in [0.2, 0.25) is 5.91 Å². The van der Waals surface area contributed by atoms with Crippen LogP contribution >= 0.6 is 0 Å². The standard InChI is InChI=1S/C14H24N2O2/c1-15-13-6-11-8-16(9-12(11)7-13)14(17)10-2-4-18-5-3-10/h10-13,15H,2-9H2,1H3/t11-,12?,13?/m1/s1. The van der Waals surface area contributed by atoms with Crippen LogP contribution in [0.15, 0.2) is 0 Å². The molecule has 1 aliphatic carbocycles. The van der Waals surface area contributed by atoms with Crippen molar-refractivity contribution in [3.8, 4) is 0 Å². The Morgan fingerprint density at radius 1 is 1.17 bits per heavy atom. The lowest BCUT2D eigenvalue weighted by molar-refractivity contribution is -0.137. The fourth-order valence-electron chi connectivity index (χ4n) is 3.92. The largest absolute Gasteiger partial charge is 0.381 e. The van der Waals surface area contributed by atoms with Crippen molar-refractivity contribution in [3.05, 3.63) is 0 Å². The molecule has 3 aliphatic rings. The predicted molar refractivity (Wildman–Crippen MR) is 69.2 cm³/mol. The second-order valence-electron chi connectivity index (χ2n) is 6.11. The minimum Gasteiger partial charge on any atom is -0.381 e. The number of ether oxygens (including phenoxy) is 1. The molecule has 1 amide bonds. The van der Waals surface area contributed by atoms with Gasteiger partial charge in [0.05, 0.1) is 0 Å². The van der Waals surface area contributed by atoms with E-state index < -0.39 is 0 Å². The van der Waals surface area contributed by atoms with Crippen LogP contribution in [0, 0.1) is 17.8 Å². The van der Waals surface area contributed by atoms with Gasteiger partial charge < -0.3 is 15.0 Å². The van der Waals surface area contributed by atoms with E-state index in [0.29, 0.717) is 11.9 Å². The Hall–Kier alpha value is -0.610. The highest BCUT2D eigenvalue weighted by Gasteiger charge is 2.42. The monoisotopic (exact) mass is 252 g/mol. The molecule has 2 unspecified atom stereocenters. The van der Waals surface area contributed by atoms with Crippen molar-refractivity contribution in [3.63, 3.8) is 0 Å². The van der Waals surface area contributed by atoms with Gasteiger partial charge in [-0.1, -0.05) is 0 Å². The van der Waals surface area contributed by atoms with Gasteiger partial charge in [-0.2, -0.15) is 0 Å². The third-order valence-corrected chi connectivity index (χ3v) is 5.04. The Labute approximate surface area is 109 Å². The number of nitrogens with zero attached hydrogens (tertiary/aromatic N) is 1. The van der Waals surface area contributed by atoms with Gasteiger partial charge in [0.25, 0.3) is 0 Å². The van der Waals surface area contributed by atoms with Crippen molar-refractivity contribution in [1.82, 2.24) is 10.2 Å². The SMILES string of the molecule is CNC1CC2CN(C(=O)C3CCOCC3)C[C@H]2C1. The normalized spacial score (nSPS) is 36.9. The van der Waals surface area contributed by atoms with Crippen LogP contribution in [0.4, 0.5) is 0 Å². The molecule has 18 heavy (non-hydrogen) atoms. The molecule has 2 heterocycles. The Balaban J connectivity index is 1.55. The molecule has 0 aromatic heterocycles. The molecule has 102 valence electrons. The van der Waals surface area contributed by atoms with Crippen LogP contribution in [-0.4, -0.2) is 50.2 Å². The maximum absolute atomic E-state index is 12.4. The zero-order valence-electron chi connectivity index (χ0n) is 11.2. The lowest BCUT2D eigenvalue weighted by atomic mass is 9.98. The average Bonchev–Trinajstić information content (AvgIpc) is 2.96. The summed E-state index contributed by atoms with van der Waals surface area (Å²) < 4.78 is 5.34. The van der Waals surface area contributed by atoms with E-state index in [9.17, 15) is 4.79 Å². The summed E-state index contributed by atoms with van der Waals surface area (Å²) in [5.41, 5.74) is 0. The fraction of sp³-hybridized carbons (Fsp3) is 0.929. The highest BCUT2D eigenvalue weighted by atomic mass is 16.5. The fourth-order valence-corrected chi connectivity index (χ4v) is 3.92. The number of rotatable bonds is 2. The molecule has 4 heteroatoms. The molecular formula is C14H24N2O2. The Morgan fingerprint density at radius 2 is 1.78 bits per heavy atom. The van der Waals surface area contributed by atoms with Crippen molar-refractivity contribution in [2.45, 2.75) is 31.7 Å². The van der Waals surface area contributed by atoms with Gasteiger partial charge in [0.15, 0.2) is 0 Å². The molecule has 1 N–H and O–H groups in total. The summed E-state index contributed by atoms with van der Waals surface area (Å²) in [7, 11) is 2.05. The van der Waals surface area contributed by atoms with Crippen molar-refractivity contribution in [2.24, 2.45) is 17.8 Å². The minimum atomic E-state index is 0.234. The second kappa shape index (κ2) is 5.17. The van der Waals surface area contributed by atoms with Gasteiger partial charge in [-0.05, 0) is 44.6 Å². The van der Waals surface area contributed by atoms with Crippen molar-refractivity contribution < 1.29 is 9.53 Å². The van der Waals surface area contributed by atoms with Crippen molar-refractivity contribution >= 4 is 5.91 Å². The van der Waals surface area contributed by atoms with E-state index in [1.165, 1.54) is 12.8 Å². The Bertz CT molecular complexity index is 301. The summed E-state index contributed by atoms with van der Waals surface area (Å²) in [5.74, 6) is 2.11. The van der Waals surface area contributed by atoms with Crippen LogP contribution in [0.25, 0.3) is 0 Å². The van der Waals surface area contributed by atoms with Crippen LogP contribution in [0.3, 0.4) is 0 Å². The predicted octanol–water partition coefficient (Wildman–Crippen LogP) is 0.869. The average molecular weight is 252 g/mol. The summed E-state index contributed by atoms with van der Waals surface area (Å²) in [4.78, 5) is 14.6. The first-order valence-electron chi connectivity index (χ1n) is 7.31. The lowest BCUT2D eigenvalue weighted by Gasteiger charge is -2.27. The van der Waals surface area contributed by atoms with E-state index in [1.807, 2.05) is 0 Å². The molecule has 3 rings (SSSR count). The molecule has 4 nitrogen and oxygen atoms in total. The molecule has 2 saturated heterocycles. The summed E-state index contributed by atoms with van der Waals surface area (Å²) in [6.07, 6.45) is 4.34. The molecule has 2 aliphatic heterocycles. The molecule has 0 aromatic carbocycles. The lowest BCUT2D eigenvalue weighted by Crippen LogP contribution is -2.38. The number of carbonyl (C=O) groups excluding carboxylic acids is 1. The van der Waals surface area contributed by atoms with Crippen LogP contribution in [0.2, 0.25) is 0 Å². The molecule has 0 spiro atoms. The van der Waals surface area contributed by atoms with Gasteiger partial charge in [-0.25, -0.2) is 0 Å². The van der Waals surface area contributed by atoms with E-state index in [2.05, 4.69) is 17.3 Å². The van der Waals surface area contributed by atoms with Gasteiger partial charge in [-0.15, -0.1) is 0 Å². The first-order chi connectivity index (χ1) is 8.78. The van der Waals surface area contributed by atoms with Crippen LogP contribution in [-0.2, 0) is 9.53 Å². The van der Waals surface area contributed by atoms with Crippen LogP contribution in [0.5, 0.6) is 0 Å². The highest BCUT2D eigenvalue weighted by Crippen LogP contribution is 2.38. The number of hydrogen-bond acceptors (Lipinski definition) is 3. The number of fused-ring (bicyclic) bond motifs is 1.